The third-order valence-corrected chi connectivity index (χ3v) is 3.01. The van der Waals surface area contributed by atoms with E-state index in [-0.39, 0.29) is 18.4 Å². The number of benzene rings is 1. The number of halogens is 3. The van der Waals surface area contributed by atoms with Crippen LogP contribution in [-0.4, -0.2) is 19.8 Å². The van der Waals surface area contributed by atoms with Gasteiger partial charge in [0.15, 0.2) is 0 Å². The zero-order chi connectivity index (χ0) is 9.97. The lowest BCUT2D eigenvalue weighted by atomic mass is 10.1. The molecular formula is C10H12Cl3NO. The molecule has 0 aliphatic carbocycles. The number of hydrogen-bond donors (Lipinski definition) is 1. The van der Waals surface area contributed by atoms with E-state index < -0.39 is 0 Å². The number of morpholine rings is 1. The minimum absolute atomic E-state index is 0. The van der Waals surface area contributed by atoms with Crippen LogP contribution >= 0.6 is 35.6 Å². The highest BCUT2D eigenvalue weighted by Crippen LogP contribution is 2.26. The predicted octanol–water partition coefficient (Wildman–Crippen LogP) is 3.08. The van der Waals surface area contributed by atoms with Crippen LogP contribution in [0, 0.1) is 0 Å². The molecule has 1 fully saturated rings. The van der Waals surface area contributed by atoms with Crippen LogP contribution in [0.1, 0.15) is 11.6 Å². The quantitative estimate of drug-likeness (QED) is 0.845. The monoisotopic (exact) mass is 267 g/mol. The summed E-state index contributed by atoms with van der Waals surface area (Å²) in [5.41, 5.74) is 1.12. The first-order chi connectivity index (χ1) is 6.77. The maximum absolute atomic E-state index is 5.93. The van der Waals surface area contributed by atoms with E-state index in [1.807, 2.05) is 18.2 Å². The van der Waals surface area contributed by atoms with Crippen LogP contribution in [0.5, 0.6) is 0 Å². The summed E-state index contributed by atoms with van der Waals surface area (Å²) in [5, 5.41) is 4.54. The third-order valence-electron chi connectivity index (χ3n) is 2.27. The Balaban J connectivity index is 0.00000112. The number of hydrogen-bond acceptors (Lipinski definition) is 2. The van der Waals surface area contributed by atoms with Gasteiger partial charge in [0.25, 0.3) is 0 Å². The maximum Gasteiger partial charge on any atom is 0.0662 e. The lowest BCUT2D eigenvalue weighted by molar-refractivity contribution is 0.0769. The van der Waals surface area contributed by atoms with E-state index in [0.717, 1.165) is 18.7 Å². The number of rotatable bonds is 1. The molecule has 0 amide bonds. The smallest absolute Gasteiger partial charge is 0.0662 e. The molecule has 2 rings (SSSR count). The molecular weight excluding hydrogens is 256 g/mol. The van der Waals surface area contributed by atoms with Crippen molar-refractivity contribution in [3.05, 3.63) is 33.8 Å². The van der Waals surface area contributed by atoms with Gasteiger partial charge in [0.2, 0.25) is 0 Å². The average molecular weight is 269 g/mol. The summed E-state index contributed by atoms with van der Waals surface area (Å²) < 4.78 is 5.37. The van der Waals surface area contributed by atoms with E-state index in [2.05, 4.69) is 5.32 Å². The molecule has 1 aliphatic rings. The molecule has 0 spiro atoms. The summed E-state index contributed by atoms with van der Waals surface area (Å²) in [7, 11) is 0. The second-order valence-corrected chi connectivity index (χ2v) is 4.07. The lowest BCUT2D eigenvalue weighted by Crippen LogP contribution is -2.34. The summed E-state index contributed by atoms with van der Waals surface area (Å²) in [5.74, 6) is 0. The fourth-order valence-electron chi connectivity index (χ4n) is 1.51. The Morgan fingerprint density at radius 2 is 2.07 bits per heavy atom. The minimum Gasteiger partial charge on any atom is -0.378 e. The van der Waals surface area contributed by atoms with Gasteiger partial charge in [-0.3, -0.25) is 0 Å². The van der Waals surface area contributed by atoms with Gasteiger partial charge in [-0.25, -0.2) is 0 Å². The van der Waals surface area contributed by atoms with Crippen molar-refractivity contribution in [3.8, 4) is 0 Å². The van der Waals surface area contributed by atoms with Crippen LogP contribution < -0.4 is 5.32 Å². The average Bonchev–Trinajstić information content (AvgIpc) is 2.23. The first-order valence-electron chi connectivity index (χ1n) is 4.53. The van der Waals surface area contributed by atoms with E-state index >= 15 is 0 Å². The van der Waals surface area contributed by atoms with Gasteiger partial charge in [-0.1, -0.05) is 29.3 Å². The minimum atomic E-state index is 0. The van der Waals surface area contributed by atoms with E-state index in [4.69, 9.17) is 27.9 Å². The first-order valence-corrected chi connectivity index (χ1v) is 5.29. The first kappa shape index (κ1) is 13.1. The normalized spacial score (nSPS) is 20.8. The fraction of sp³-hybridized carbons (Fsp3) is 0.400. The van der Waals surface area contributed by atoms with E-state index in [1.165, 1.54) is 0 Å². The Kier molecular flexibility index (Phi) is 5.16. The molecule has 5 heteroatoms. The van der Waals surface area contributed by atoms with Gasteiger partial charge in [-0.2, -0.15) is 0 Å². The Morgan fingerprint density at radius 1 is 1.27 bits per heavy atom. The zero-order valence-corrected chi connectivity index (χ0v) is 10.3. The maximum atomic E-state index is 5.93. The molecule has 0 radical (unpaired) electrons. The summed E-state index contributed by atoms with van der Waals surface area (Å²) in [6.45, 7) is 2.35. The van der Waals surface area contributed by atoms with Crippen LogP contribution in [0.15, 0.2) is 18.2 Å². The van der Waals surface area contributed by atoms with Crippen molar-refractivity contribution in [1.29, 1.82) is 0 Å². The molecule has 1 unspecified atom stereocenters. The fourth-order valence-corrected chi connectivity index (χ4v) is 1.82. The SMILES string of the molecule is Cl.Clc1ccc(C2COCCN2)cc1Cl. The van der Waals surface area contributed by atoms with Gasteiger partial charge in [-0.05, 0) is 17.7 Å². The second kappa shape index (κ2) is 5.92. The van der Waals surface area contributed by atoms with Crippen LogP contribution in [0.2, 0.25) is 10.0 Å². The third kappa shape index (κ3) is 3.23. The van der Waals surface area contributed by atoms with Gasteiger partial charge in [0, 0.05) is 6.54 Å². The molecule has 15 heavy (non-hydrogen) atoms. The summed E-state index contributed by atoms with van der Waals surface area (Å²) >= 11 is 11.8. The molecule has 0 aromatic heterocycles. The van der Waals surface area contributed by atoms with Gasteiger partial charge in [-0.15, -0.1) is 12.4 Å². The molecule has 1 aromatic rings. The molecule has 1 saturated heterocycles. The number of ether oxygens (including phenoxy) is 1. The van der Waals surface area contributed by atoms with Crippen LogP contribution in [0.25, 0.3) is 0 Å². The highest BCUT2D eigenvalue weighted by atomic mass is 35.5. The topological polar surface area (TPSA) is 21.3 Å². The van der Waals surface area contributed by atoms with Crippen molar-refractivity contribution in [1.82, 2.24) is 5.32 Å². The molecule has 0 bridgehead atoms. The zero-order valence-electron chi connectivity index (χ0n) is 8.00. The van der Waals surface area contributed by atoms with Crippen molar-refractivity contribution in [3.63, 3.8) is 0 Å². The molecule has 84 valence electrons. The molecule has 2 nitrogen and oxygen atoms in total. The Labute approximate surface area is 105 Å². The summed E-state index contributed by atoms with van der Waals surface area (Å²) in [4.78, 5) is 0. The van der Waals surface area contributed by atoms with Crippen LogP contribution in [0.4, 0.5) is 0 Å². The predicted molar refractivity (Wildman–Crippen MR) is 65.3 cm³/mol. The highest BCUT2D eigenvalue weighted by molar-refractivity contribution is 6.42. The molecule has 1 N–H and O–H groups in total. The van der Waals surface area contributed by atoms with E-state index in [9.17, 15) is 0 Å². The van der Waals surface area contributed by atoms with E-state index in [1.54, 1.807) is 0 Å². The lowest BCUT2D eigenvalue weighted by Gasteiger charge is -2.24. The Bertz CT molecular complexity index is 326. The molecule has 1 aromatic carbocycles. The number of nitrogens with one attached hydrogen (secondary N) is 1. The molecule has 1 atom stereocenters. The molecule has 1 heterocycles. The van der Waals surface area contributed by atoms with E-state index in [0.29, 0.717) is 16.7 Å². The second-order valence-electron chi connectivity index (χ2n) is 3.26. The van der Waals surface area contributed by atoms with Crippen molar-refractivity contribution >= 4 is 35.6 Å². The largest absolute Gasteiger partial charge is 0.378 e. The standard InChI is InChI=1S/C10H11Cl2NO.ClH/c11-8-2-1-7(5-9(8)12)10-6-14-4-3-13-10;/h1-2,5,10,13H,3-4,6H2;1H. The summed E-state index contributed by atoms with van der Waals surface area (Å²) in [6, 6.07) is 5.91. The Morgan fingerprint density at radius 3 is 2.67 bits per heavy atom. The van der Waals surface area contributed by atoms with Gasteiger partial charge in [0.05, 0.1) is 29.3 Å². The van der Waals surface area contributed by atoms with Gasteiger partial charge in [0.1, 0.15) is 0 Å². The van der Waals surface area contributed by atoms with Crippen LogP contribution in [0.3, 0.4) is 0 Å². The molecule has 1 aliphatic heterocycles. The van der Waals surface area contributed by atoms with Crippen molar-refractivity contribution in [2.24, 2.45) is 0 Å². The highest BCUT2D eigenvalue weighted by Gasteiger charge is 2.15. The van der Waals surface area contributed by atoms with Crippen molar-refractivity contribution in [2.45, 2.75) is 6.04 Å². The van der Waals surface area contributed by atoms with Gasteiger partial charge < -0.3 is 10.1 Å². The van der Waals surface area contributed by atoms with Crippen molar-refractivity contribution in [2.75, 3.05) is 19.8 Å². The summed E-state index contributed by atoms with van der Waals surface area (Å²) in [6.07, 6.45) is 0. The van der Waals surface area contributed by atoms with Crippen LogP contribution in [-0.2, 0) is 4.74 Å². The molecule has 0 saturated carbocycles. The van der Waals surface area contributed by atoms with Gasteiger partial charge >= 0.3 is 0 Å². The Hall–Kier alpha value is 0.01000. The van der Waals surface area contributed by atoms with Crippen molar-refractivity contribution < 1.29 is 4.74 Å².